The maximum Gasteiger partial charge on any atom is 0.433 e. The van der Waals surface area contributed by atoms with Crippen molar-refractivity contribution in [1.82, 2.24) is 20.3 Å². The molecule has 0 amide bonds. The number of aromatic nitrogens is 3. The highest BCUT2D eigenvalue weighted by atomic mass is 19.4. The Hall–Kier alpha value is -2.09. The minimum Gasteiger partial charge on any atom is -0.311 e. The average molecular weight is 298 g/mol. The Balaban J connectivity index is 2.16. The molecule has 3 heterocycles. The lowest BCUT2D eigenvalue weighted by atomic mass is 10.0. The fourth-order valence-corrected chi connectivity index (χ4v) is 2.22. The summed E-state index contributed by atoms with van der Waals surface area (Å²) in [5.74, 6) is -0.723. The molecule has 0 spiro atoms. The molecule has 3 rings (SSSR count). The maximum absolute atomic E-state index is 13.1. The molecule has 8 heteroatoms. The first-order valence-corrected chi connectivity index (χ1v) is 6.25. The second kappa shape index (κ2) is 5.03. The second-order valence-electron chi connectivity index (χ2n) is 4.61. The molecule has 1 N–H and O–H groups in total. The third-order valence-electron chi connectivity index (χ3n) is 3.16. The predicted octanol–water partition coefficient (Wildman–Crippen LogP) is 2.34. The lowest BCUT2D eigenvalue weighted by molar-refractivity contribution is -0.142. The normalized spacial score (nSPS) is 14.9. The number of rotatable bonds is 1. The summed E-state index contributed by atoms with van der Waals surface area (Å²) in [6.45, 7) is 0.697. The number of halogens is 4. The van der Waals surface area contributed by atoms with Gasteiger partial charge in [-0.3, -0.25) is 0 Å². The lowest BCUT2D eigenvalue weighted by Crippen LogP contribution is -2.29. The number of hydrogen-bond donors (Lipinski definition) is 1. The molecule has 0 aliphatic carbocycles. The largest absolute Gasteiger partial charge is 0.433 e. The van der Waals surface area contributed by atoms with Crippen LogP contribution in [0.1, 0.15) is 17.0 Å². The van der Waals surface area contributed by atoms with Gasteiger partial charge in [0.25, 0.3) is 0 Å². The average Bonchev–Trinajstić information content (AvgIpc) is 2.46. The topological polar surface area (TPSA) is 50.7 Å². The number of alkyl halides is 3. The van der Waals surface area contributed by atoms with Gasteiger partial charge in [0.15, 0.2) is 11.5 Å². The number of pyridine rings is 1. The van der Waals surface area contributed by atoms with Crippen molar-refractivity contribution in [1.29, 1.82) is 0 Å². The van der Waals surface area contributed by atoms with Crippen LogP contribution in [0, 0.1) is 5.82 Å². The van der Waals surface area contributed by atoms with Crippen molar-refractivity contribution in [2.45, 2.75) is 19.1 Å². The number of nitrogens with zero attached hydrogens (tertiary/aromatic N) is 3. The molecule has 1 aliphatic heterocycles. The fraction of sp³-hybridized carbons (Fsp3) is 0.308. The van der Waals surface area contributed by atoms with E-state index in [1.54, 1.807) is 0 Å². The quantitative estimate of drug-likeness (QED) is 0.821. The van der Waals surface area contributed by atoms with E-state index in [4.69, 9.17) is 0 Å². The van der Waals surface area contributed by atoms with E-state index in [9.17, 15) is 17.6 Å². The smallest absolute Gasteiger partial charge is 0.311 e. The first-order chi connectivity index (χ1) is 9.95. The van der Waals surface area contributed by atoms with E-state index in [1.807, 2.05) is 0 Å². The summed E-state index contributed by atoms with van der Waals surface area (Å²) in [5, 5.41) is 2.97. The van der Waals surface area contributed by atoms with Gasteiger partial charge >= 0.3 is 6.18 Å². The summed E-state index contributed by atoms with van der Waals surface area (Å²) in [6, 6.07) is 2.37. The van der Waals surface area contributed by atoms with E-state index in [2.05, 4.69) is 20.3 Å². The Morgan fingerprint density at radius 1 is 1.14 bits per heavy atom. The highest BCUT2D eigenvalue weighted by Crippen LogP contribution is 2.33. The van der Waals surface area contributed by atoms with Crippen molar-refractivity contribution in [3.63, 3.8) is 0 Å². The first kappa shape index (κ1) is 13.9. The van der Waals surface area contributed by atoms with Crippen molar-refractivity contribution >= 4 is 0 Å². The second-order valence-corrected chi connectivity index (χ2v) is 4.61. The molecule has 21 heavy (non-hydrogen) atoms. The number of fused-ring (bicyclic) bond motifs is 1. The number of nitrogens with one attached hydrogen (secondary N) is 1. The summed E-state index contributed by atoms with van der Waals surface area (Å²) in [7, 11) is 0. The molecule has 4 nitrogen and oxygen atoms in total. The summed E-state index contributed by atoms with van der Waals surface area (Å²) < 4.78 is 52.3. The molecule has 0 aromatic carbocycles. The molecular formula is C13H10F4N4. The highest BCUT2D eigenvalue weighted by Gasteiger charge is 2.38. The van der Waals surface area contributed by atoms with Crippen molar-refractivity contribution in [3.05, 3.63) is 41.1 Å². The minimum absolute atomic E-state index is 0.107. The van der Waals surface area contributed by atoms with Crippen molar-refractivity contribution in [2.24, 2.45) is 0 Å². The van der Waals surface area contributed by atoms with Gasteiger partial charge in [-0.25, -0.2) is 19.3 Å². The van der Waals surface area contributed by atoms with Gasteiger partial charge in [-0.05, 0) is 25.1 Å². The van der Waals surface area contributed by atoms with Gasteiger partial charge in [-0.2, -0.15) is 13.2 Å². The summed E-state index contributed by atoms with van der Waals surface area (Å²) in [5.41, 5.74) is -0.401. The zero-order valence-electron chi connectivity index (χ0n) is 10.7. The van der Waals surface area contributed by atoms with Crippen LogP contribution in [-0.4, -0.2) is 21.5 Å². The fourth-order valence-electron chi connectivity index (χ4n) is 2.22. The van der Waals surface area contributed by atoms with Crippen molar-refractivity contribution < 1.29 is 17.6 Å². The number of hydrogen-bond acceptors (Lipinski definition) is 4. The highest BCUT2D eigenvalue weighted by molar-refractivity contribution is 5.51. The molecule has 0 bridgehead atoms. The standard InChI is InChI=1S/C13H10F4N4/c14-7-1-2-9(19-5-7)12-20-10-6-18-4-3-8(10)11(21-12)13(15,16)17/h1-2,5,18H,3-4,6H2. The van der Waals surface area contributed by atoms with Gasteiger partial charge < -0.3 is 5.32 Å². The molecule has 0 radical (unpaired) electrons. The van der Waals surface area contributed by atoms with E-state index < -0.39 is 17.7 Å². The molecule has 0 unspecified atom stereocenters. The van der Waals surface area contributed by atoms with Crippen LogP contribution < -0.4 is 5.32 Å². The molecule has 0 saturated carbocycles. The SMILES string of the molecule is Fc1ccc(-c2nc3c(c(C(F)(F)F)n2)CCNC3)nc1. The van der Waals surface area contributed by atoms with E-state index >= 15 is 0 Å². The molecule has 2 aromatic heterocycles. The summed E-state index contributed by atoms with van der Waals surface area (Å²) in [6.07, 6.45) is -3.41. The molecule has 110 valence electrons. The third-order valence-corrected chi connectivity index (χ3v) is 3.16. The van der Waals surface area contributed by atoms with Gasteiger partial charge in [-0.15, -0.1) is 0 Å². The Labute approximate surface area is 117 Å². The molecule has 1 aliphatic rings. The summed E-state index contributed by atoms with van der Waals surface area (Å²) >= 11 is 0. The Bertz CT molecular complexity index is 667. The molecule has 0 fully saturated rings. The molecular weight excluding hydrogens is 288 g/mol. The van der Waals surface area contributed by atoms with Crippen LogP contribution in [0.4, 0.5) is 17.6 Å². The van der Waals surface area contributed by atoms with Gasteiger partial charge in [0.05, 0.1) is 11.9 Å². The van der Waals surface area contributed by atoms with Gasteiger partial charge in [0.1, 0.15) is 11.5 Å². The zero-order chi connectivity index (χ0) is 15.0. The van der Waals surface area contributed by atoms with Gasteiger partial charge in [0.2, 0.25) is 0 Å². The Morgan fingerprint density at radius 2 is 1.95 bits per heavy atom. The van der Waals surface area contributed by atoms with Crippen LogP contribution in [0.25, 0.3) is 11.5 Å². The van der Waals surface area contributed by atoms with Crippen LogP contribution >= 0.6 is 0 Å². The Morgan fingerprint density at radius 3 is 2.62 bits per heavy atom. The third kappa shape index (κ3) is 2.71. The van der Waals surface area contributed by atoms with Crippen molar-refractivity contribution in [2.75, 3.05) is 6.54 Å². The predicted molar refractivity (Wildman–Crippen MR) is 65.6 cm³/mol. The summed E-state index contributed by atoms with van der Waals surface area (Å²) in [4.78, 5) is 11.5. The van der Waals surface area contributed by atoms with Crippen LogP contribution in [0.15, 0.2) is 18.3 Å². The zero-order valence-corrected chi connectivity index (χ0v) is 10.7. The van der Waals surface area contributed by atoms with E-state index in [1.165, 1.54) is 6.07 Å². The molecule has 0 saturated heterocycles. The monoisotopic (exact) mass is 298 g/mol. The van der Waals surface area contributed by atoms with Crippen LogP contribution in [0.5, 0.6) is 0 Å². The van der Waals surface area contributed by atoms with Crippen LogP contribution in [0.3, 0.4) is 0 Å². The van der Waals surface area contributed by atoms with E-state index in [0.29, 0.717) is 12.2 Å². The molecule has 0 atom stereocenters. The van der Waals surface area contributed by atoms with Crippen LogP contribution in [-0.2, 0) is 19.1 Å². The molecule has 2 aromatic rings. The first-order valence-electron chi connectivity index (χ1n) is 6.25. The van der Waals surface area contributed by atoms with Crippen LogP contribution in [0.2, 0.25) is 0 Å². The van der Waals surface area contributed by atoms with Crippen molar-refractivity contribution in [3.8, 4) is 11.5 Å². The Kier molecular flexibility index (Phi) is 3.32. The minimum atomic E-state index is -4.56. The maximum atomic E-state index is 13.1. The van der Waals surface area contributed by atoms with E-state index in [0.717, 1.165) is 12.3 Å². The van der Waals surface area contributed by atoms with Gasteiger partial charge in [-0.1, -0.05) is 0 Å². The van der Waals surface area contributed by atoms with Gasteiger partial charge in [0, 0.05) is 12.1 Å². The van der Waals surface area contributed by atoms with E-state index in [-0.39, 0.29) is 30.0 Å². The lowest BCUT2D eigenvalue weighted by Gasteiger charge is -2.21.